The number of ether oxygens (including phenoxy) is 3. The molecule has 0 saturated heterocycles. The molecule has 0 fully saturated rings. The predicted octanol–water partition coefficient (Wildman–Crippen LogP) is 16.2. The number of esters is 3. The molecular formula is C55H90O6. The lowest BCUT2D eigenvalue weighted by Gasteiger charge is -2.18. The van der Waals surface area contributed by atoms with Gasteiger partial charge in [0.2, 0.25) is 0 Å². The second-order valence-corrected chi connectivity index (χ2v) is 16.1. The van der Waals surface area contributed by atoms with E-state index in [0.717, 1.165) is 44.9 Å². The van der Waals surface area contributed by atoms with Crippen molar-refractivity contribution in [3.8, 4) is 0 Å². The van der Waals surface area contributed by atoms with Gasteiger partial charge in [0.05, 0.1) is 0 Å². The molecule has 0 spiro atoms. The van der Waals surface area contributed by atoms with Gasteiger partial charge in [-0.05, 0) is 77.0 Å². The Labute approximate surface area is 375 Å². The van der Waals surface area contributed by atoms with Crippen molar-refractivity contribution in [2.24, 2.45) is 0 Å². The van der Waals surface area contributed by atoms with Crippen LogP contribution < -0.4 is 0 Å². The second-order valence-electron chi connectivity index (χ2n) is 16.1. The summed E-state index contributed by atoms with van der Waals surface area (Å²) < 4.78 is 16.6. The van der Waals surface area contributed by atoms with Crippen LogP contribution in [0.3, 0.4) is 0 Å². The second kappa shape index (κ2) is 49.0. The van der Waals surface area contributed by atoms with Gasteiger partial charge in [0, 0.05) is 19.3 Å². The topological polar surface area (TPSA) is 78.9 Å². The smallest absolute Gasteiger partial charge is 0.306 e. The first-order valence-corrected chi connectivity index (χ1v) is 24.8. The van der Waals surface area contributed by atoms with E-state index in [0.29, 0.717) is 19.3 Å². The fourth-order valence-corrected chi connectivity index (χ4v) is 6.46. The summed E-state index contributed by atoms with van der Waals surface area (Å²) in [5, 5.41) is 0. The highest BCUT2D eigenvalue weighted by molar-refractivity contribution is 5.71. The Morgan fingerprint density at radius 1 is 0.361 bits per heavy atom. The van der Waals surface area contributed by atoms with Crippen molar-refractivity contribution in [2.45, 2.75) is 219 Å². The van der Waals surface area contributed by atoms with Gasteiger partial charge in [0.15, 0.2) is 6.10 Å². The van der Waals surface area contributed by atoms with Crippen LogP contribution in [0.15, 0.2) is 97.2 Å². The predicted molar refractivity (Wildman–Crippen MR) is 260 cm³/mol. The van der Waals surface area contributed by atoms with E-state index in [4.69, 9.17) is 14.2 Å². The van der Waals surface area contributed by atoms with E-state index < -0.39 is 12.1 Å². The first-order valence-electron chi connectivity index (χ1n) is 24.8. The number of hydrogen-bond donors (Lipinski definition) is 0. The summed E-state index contributed by atoms with van der Waals surface area (Å²) in [6, 6.07) is 0. The van der Waals surface area contributed by atoms with Gasteiger partial charge >= 0.3 is 17.9 Å². The lowest BCUT2D eigenvalue weighted by atomic mass is 10.1. The Bertz CT molecular complexity index is 1250. The Morgan fingerprint density at radius 3 is 1.28 bits per heavy atom. The van der Waals surface area contributed by atoms with E-state index in [1.807, 2.05) is 60.8 Å². The molecule has 0 aromatic heterocycles. The summed E-state index contributed by atoms with van der Waals surface area (Å²) in [5.41, 5.74) is 0. The minimum atomic E-state index is -0.838. The SMILES string of the molecule is CC/C=C/C=C/C=C/C=C/C=C/CCCC(=O)OC(COC(=O)CC/C=C/C/C=C/CCCCCCCC)COC(=O)CCCCCCCCC/C=C/CCCCCCCC. The Balaban J connectivity index is 4.53. The third kappa shape index (κ3) is 47.2. The van der Waals surface area contributed by atoms with E-state index in [1.54, 1.807) is 0 Å². The molecule has 0 aromatic rings. The van der Waals surface area contributed by atoms with Gasteiger partial charge < -0.3 is 14.2 Å². The van der Waals surface area contributed by atoms with Crippen LogP contribution in [0.2, 0.25) is 0 Å². The van der Waals surface area contributed by atoms with E-state index in [1.165, 1.54) is 116 Å². The Kier molecular flexibility index (Phi) is 46.0. The van der Waals surface area contributed by atoms with Crippen LogP contribution >= 0.6 is 0 Å². The minimum Gasteiger partial charge on any atom is -0.462 e. The highest BCUT2D eigenvalue weighted by Crippen LogP contribution is 2.13. The number of rotatable bonds is 43. The maximum Gasteiger partial charge on any atom is 0.306 e. The van der Waals surface area contributed by atoms with Gasteiger partial charge in [-0.25, -0.2) is 0 Å². The molecule has 0 amide bonds. The van der Waals surface area contributed by atoms with Crippen LogP contribution in [0.5, 0.6) is 0 Å². The first kappa shape index (κ1) is 57.3. The first-order chi connectivity index (χ1) is 30.0. The molecule has 6 nitrogen and oxygen atoms in total. The molecule has 0 saturated carbocycles. The fraction of sp³-hybridized carbons (Fsp3) is 0.655. The minimum absolute atomic E-state index is 0.126. The summed E-state index contributed by atoms with van der Waals surface area (Å²) in [5.74, 6) is -1.08. The molecule has 61 heavy (non-hydrogen) atoms. The zero-order chi connectivity index (χ0) is 44.4. The monoisotopic (exact) mass is 847 g/mol. The molecule has 0 rings (SSSR count). The van der Waals surface area contributed by atoms with Crippen molar-refractivity contribution in [3.63, 3.8) is 0 Å². The zero-order valence-electron chi connectivity index (χ0n) is 39.4. The summed E-state index contributed by atoms with van der Waals surface area (Å²) in [6.45, 7) is 6.35. The third-order valence-electron chi connectivity index (χ3n) is 10.2. The van der Waals surface area contributed by atoms with Crippen LogP contribution in [0.4, 0.5) is 0 Å². The maximum absolute atomic E-state index is 12.7. The molecule has 0 bridgehead atoms. The van der Waals surface area contributed by atoms with E-state index in [2.05, 4.69) is 57.2 Å². The average molecular weight is 847 g/mol. The van der Waals surface area contributed by atoms with Gasteiger partial charge in [0.1, 0.15) is 13.2 Å². The number of hydrogen-bond acceptors (Lipinski definition) is 6. The van der Waals surface area contributed by atoms with E-state index in [9.17, 15) is 14.4 Å². The average Bonchev–Trinajstić information content (AvgIpc) is 3.26. The van der Waals surface area contributed by atoms with Crippen molar-refractivity contribution < 1.29 is 28.6 Å². The Morgan fingerprint density at radius 2 is 0.754 bits per heavy atom. The molecule has 0 radical (unpaired) electrons. The van der Waals surface area contributed by atoms with Crippen LogP contribution in [-0.4, -0.2) is 37.2 Å². The van der Waals surface area contributed by atoms with Crippen molar-refractivity contribution >= 4 is 17.9 Å². The summed E-state index contributed by atoms with van der Waals surface area (Å²) >= 11 is 0. The molecule has 0 aliphatic carbocycles. The molecule has 1 unspecified atom stereocenters. The summed E-state index contributed by atoms with van der Waals surface area (Å²) in [4.78, 5) is 37.8. The highest BCUT2D eigenvalue weighted by atomic mass is 16.6. The normalized spacial score (nSPS) is 12.9. The van der Waals surface area contributed by atoms with Gasteiger partial charge in [-0.1, -0.05) is 214 Å². The van der Waals surface area contributed by atoms with Crippen LogP contribution in [0.25, 0.3) is 0 Å². The lowest BCUT2D eigenvalue weighted by Crippen LogP contribution is -2.30. The van der Waals surface area contributed by atoms with Crippen LogP contribution in [0.1, 0.15) is 213 Å². The molecule has 0 aliphatic heterocycles. The highest BCUT2D eigenvalue weighted by Gasteiger charge is 2.19. The number of carbonyl (C=O) groups is 3. The lowest BCUT2D eigenvalue weighted by molar-refractivity contribution is -0.166. The maximum atomic E-state index is 12.7. The van der Waals surface area contributed by atoms with Gasteiger partial charge in [-0.2, -0.15) is 0 Å². The largest absolute Gasteiger partial charge is 0.462 e. The van der Waals surface area contributed by atoms with Crippen molar-refractivity contribution in [1.82, 2.24) is 0 Å². The Hall–Kier alpha value is -3.67. The zero-order valence-corrected chi connectivity index (χ0v) is 39.4. The van der Waals surface area contributed by atoms with E-state index in [-0.39, 0.29) is 38.0 Å². The number of carbonyl (C=O) groups excluding carboxylic acids is 3. The molecule has 6 heteroatoms. The van der Waals surface area contributed by atoms with Crippen molar-refractivity contribution in [3.05, 3.63) is 97.2 Å². The summed E-state index contributed by atoms with van der Waals surface area (Å²) in [6.07, 6.45) is 64.1. The molecule has 0 aliphatic rings. The summed E-state index contributed by atoms with van der Waals surface area (Å²) in [7, 11) is 0. The quantitative estimate of drug-likeness (QED) is 0.0200. The molecular weight excluding hydrogens is 757 g/mol. The fourth-order valence-electron chi connectivity index (χ4n) is 6.46. The molecule has 0 N–H and O–H groups in total. The molecule has 0 aromatic carbocycles. The molecule has 0 heterocycles. The van der Waals surface area contributed by atoms with E-state index >= 15 is 0 Å². The number of unbranched alkanes of at least 4 members (excludes halogenated alkanes) is 20. The standard InChI is InChI=1S/C55H90O6/c1-4-7-10-13-16-19-22-25-26-27-28-31-33-36-39-42-45-48-54(57)60-51-52(61-55(58)49-46-43-40-37-34-30-24-21-18-15-12-9-6-3)50-59-53(56)47-44-41-38-35-32-29-23-20-17-14-11-8-5-2/h9,12,15,18,21,24-26,29-30,32,34,37-38,40-41,52H,4-8,10-11,13-14,16-17,19-20,22-23,27-28,31,33,35-36,39,42-51H2,1-3H3/b12-9+,18-15+,24-21+,26-25+,32-29+,34-30+,40-37+,41-38+. The third-order valence-corrected chi connectivity index (χ3v) is 10.2. The molecule has 346 valence electrons. The number of allylic oxidation sites excluding steroid dienone is 16. The van der Waals surface area contributed by atoms with Crippen molar-refractivity contribution in [2.75, 3.05) is 13.2 Å². The molecule has 1 atom stereocenters. The van der Waals surface area contributed by atoms with Gasteiger partial charge in [0.25, 0.3) is 0 Å². The van der Waals surface area contributed by atoms with Gasteiger partial charge in [-0.3, -0.25) is 14.4 Å². The van der Waals surface area contributed by atoms with Crippen molar-refractivity contribution in [1.29, 1.82) is 0 Å². The van der Waals surface area contributed by atoms with Crippen LogP contribution in [-0.2, 0) is 28.6 Å². The van der Waals surface area contributed by atoms with Gasteiger partial charge in [-0.15, -0.1) is 0 Å². The van der Waals surface area contributed by atoms with Crippen LogP contribution in [0, 0.1) is 0 Å².